The van der Waals surface area contributed by atoms with Crippen molar-refractivity contribution < 1.29 is 9.90 Å². The van der Waals surface area contributed by atoms with Gasteiger partial charge >= 0.3 is 0 Å². The van der Waals surface area contributed by atoms with E-state index >= 15 is 0 Å². The topological polar surface area (TPSA) is 49.3 Å². The summed E-state index contributed by atoms with van der Waals surface area (Å²) in [7, 11) is 0. The molecule has 0 aromatic heterocycles. The highest BCUT2D eigenvalue weighted by Crippen LogP contribution is 2.42. The first-order valence-electron chi connectivity index (χ1n) is 5.99. The van der Waals surface area contributed by atoms with Crippen molar-refractivity contribution >= 4 is 17.7 Å². The van der Waals surface area contributed by atoms with Gasteiger partial charge in [-0.2, -0.15) is 0 Å². The Morgan fingerprint density at radius 3 is 2.56 bits per heavy atom. The summed E-state index contributed by atoms with van der Waals surface area (Å²) in [6.07, 6.45) is 2.52. The first-order valence-corrected chi connectivity index (χ1v) is 6.98. The molecule has 3 nitrogen and oxygen atoms in total. The molecule has 3 unspecified atom stereocenters. The Balaban J connectivity index is 1.94. The van der Waals surface area contributed by atoms with Crippen molar-refractivity contribution in [3.8, 4) is 0 Å². The maximum Gasteiger partial charge on any atom is 0.236 e. The highest BCUT2D eigenvalue weighted by molar-refractivity contribution is 8.01. The molecule has 3 atom stereocenters. The van der Waals surface area contributed by atoms with Crippen molar-refractivity contribution in [2.45, 2.75) is 56.9 Å². The molecule has 2 N–H and O–H groups in total. The fraction of sp³-hybridized carbons (Fsp3) is 0.917. The summed E-state index contributed by atoms with van der Waals surface area (Å²) in [5.74, 6) is 1.24. The maximum absolute atomic E-state index is 12.2. The maximum atomic E-state index is 12.2. The Morgan fingerprint density at radius 1 is 1.44 bits per heavy atom. The van der Waals surface area contributed by atoms with Crippen LogP contribution in [0.5, 0.6) is 0 Å². The van der Waals surface area contributed by atoms with E-state index in [0.717, 1.165) is 18.6 Å². The second-order valence-electron chi connectivity index (χ2n) is 5.78. The summed E-state index contributed by atoms with van der Waals surface area (Å²) >= 11 is 1.76. The number of carbonyl (C=O) groups excluding carboxylic acids is 1. The average Bonchev–Trinajstić information content (AvgIpc) is 2.66. The van der Waals surface area contributed by atoms with Crippen LogP contribution in [0.4, 0.5) is 0 Å². The molecule has 1 aliphatic heterocycles. The second kappa shape index (κ2) is 3.91. The SMILES string of the molecule is CC1(C(=O)NC2CC(O)C2(C)C)CCCS1. The monoisotopic (exact) mass is 243 g/mol. The van der Waals surface area contributed by atoms with Crippen LogP contribution in [0.1, 0.15) is 40.0 Å². The number of thioether (sulfide) groups is 1. The molecule has 2 rings (SSSR count). The quantitative estimate of drug-likeness (QED) is 0.773. The van der Waals surface area contributed by atoms with E-state index in [2.05, 4.69) is 5.32 Å². The largest absolute Gasteiger partial charge is 0.392 e. The van der Waals surface area contributed by atoms with Crippen LogP contribution in [0, 0.1) is 5.41 Å². The molecule has 4 heteroatoms. The molecule has 2 fully saturated rings. The highest BCUT2D eigenvalue weighted by atomic mass is 32.2. The number of hydrogen-bond donors (Lipinski definition) is 2. The third-order valence-corrected chi connectivity index (χ3v) is 5.74. The van der Waals surface area contributed by atoms with Gasteiger partial charge in [0.1, 0.15) is 0 Å². The normalized spacial score (nSPS) is 41.5. The third-order valence-electron chi connectivity index (χ3n) is 4.22. The van der Waals surface area contributed by atoms with Crippen molar-refractivity contribution in [3.05, 3.63) is 0 Å². The van der Waals surface area contributed by atoms with E-state index in [4.69, 9.17) is 0 Å². The van der Waals surface area contributed by atoms with Gasteiger partial charge in [-0.05, 0) is 31.9 Å². The first-order chi connectivity index (χ1) is 7.36. The molecule has 1 saturated carbocycles. The summed E-state index contributed by atoms with van der Waals surface area (Å²) in [6.45, 7) is 6.05. The summed E-state index contributed by atoms with van der Waals surface area (Å²) < 4.78 is -0.239. The van der Waals surface area contributed by atoms with Crippen molar-refractivity contribution in [1.29, 1.82) is 0 Å². The van der Waals surface area contributed by atoms with Crippen molar-refractivity contribution in [3.63, 3.8) is 0 Å². The highest BCUT2D eigenvalue weighted by Gasteiger charge is 2.49. The van der Waals surface area contributed by atoms with Gasteiger partial charge in [0.2, 0.25) is 5.91 Å². The van der Waals surface area contributed by atoms with Gasteiger partial charge < -0.3 is 10.4 Å². The molecule has 0 aromatic carbocycles. The van der Waals surface area contributed by atoms with Crippen LogP contribution in [0.2, 0.25) is 0 Å². The predicted octanol–water partition coefficient (Wildman–Crippen LogP) is 1.55. The Labute approximate surface area is 101 Å². The third kappa shape index (κ3) is 1.86. The number of amides is 1. The number of hydrogen-bond acceptors (Lipinski definition) is 3. The zero-order valence-corrected chi connectivity index (χ0v) is 11.1. The van der Waals surface area contributed by atoms with Crippen LogP contribution in [-0.4, -0.2) is 33.7 Å². The molecule has 0 radical (unpaired) electrons. The number of aliphatic hydroxyl groups is 1. The van der Waals surface area contributed by atoms with Crippen molar-refractivity contribution in [1.82, 2.24) is 5.32 Å². The van der Waals surface area contributed by atoms with Crippen LogP contribution in [0.15, 0.2) is 0 Å². The van der Waals surface area contributed by atoms with Gasteiger partial charge in [-0.3, -0.25) is 4.79 Å². The fourth-order valence-electron chi connectivity index (χ4n) is 2.42. The zero-order valence-electron chi connectivity index (χ0n) is 10.2. The number of carbonyl (C=O) groups is 1. The van der Waals surface area contributed by atoms with Gasteiger partial charge in [0.15, 0.2) is 0 Å². The van der Waals surface area contributed by atoms with Crippen LogP contribution in [0.3, 0.4) is 0 Å². The van der Waals surface area contributed by atoms with Gasteiger partial charge in [0, 0.05) is 11.5 Å². The molecule has 0 aromatic rings. The molecular formula is C12H21NO2S. The van der Waals surface area contributed by atoms with E-state index in [-0.39, 0.29) is 28.2 Å². The predicted molar refractivity (Wildman–Crippen MR) is 66.4 cm³/mol. The minimum absolute atomic E-state index is 0.132. The number of rotatable bonds is 2. The van der Waals surface area contributed by atoms with Crippen LogP contribution < -0.4 is 5.32 Å². The second-order valence-corrected chi connectivity index (χ2v) is 7.38. The minimum atomic E-state index is -0.276. The van der Waals surface area contributed by atoms with Gasteiger partial charge in [0.05, 0.1) is 10.9 Å². The van der Waals surface area contributed by atoms with E-state index in [1.807, 2.05) is 20.8 Å². The molecule has 16 heavy (non-hydrogen) atoms. The van der Waals surface area contributed by atoms with E-state index in [0.29, 0.717) is 6.42 Å². The molecule has 92 valence electrons. The van der Waals surface area contributed by atoms with E-state index in [1.165, 1.54) is 0 Å². The molecule has 0 bridgehead atoms. The molecule has 2 aliphatic rings. The molecule has 1 heterocycles. The minimum Gasteiger partial charge on any atom is -0.392 e. The fourth-order valence-corrected chi connectivity index (χ4v) is 3.63. The van der Waals surface area contributed by atoms with E-state index in [9.17, 15) is 9.90 Å². The molecule has 0 spiro atoms. The Morgan fingerprint density at radius 2 is 2.12 bits per heavy atom. The van der Waals surface area contributed by atoms with E-state index in [1.54, 1.807) is 11.8 Å². The van der Waals surface area contributed by atoms with Crippen LogP contribution in [-0.2, 0) is 4.79 Å². The van der Waals surface area contributed by atoms with Crippen LogP contribution >= 0.6 is 11.8 Å². The van der Waals surface area contributed by atoms with Gasteiger partial charge in [-0.1, -0.05) is 13.8 Å². The standard InChI is InChI=1S/C12H21NO2S/c1-11(2)8(7-9(11)14)13-10(15)12(3)5-4-6-16-12/h8-9,14H,4-7H2,1-3H3,(H,13,15). The molecule has 1 amide bonds. The summed E-state index contributed by atoms with van der Waals surface area (Å²) in [5.41, 5.74) is -0.171. The summed E-state index contributed by atoms with van der Waals surface area (Å²) in [5, 5.41) is 12.7. The number of nitrogens with one attached hydrogen (secondary N) is 1. The van der Waals surface area contributed by atoms with Crippen molar-refractivity contribution in [2.75, 3.05) is 5.75 Å². The van der Waals surface area contributed by atoms with Crippen LogP contribution in [0.25, 0.3) is 0 Å². The lowest BCUT2D eigenvalue weighted by molar-refractivity contribution is -0.131. The Kier molecular flexibility index (Phi) is 2.99. The molecular weight excluding hydrogens is 222 g/mol. The van der Waals surface area contributed by atoms with E-state index < -0.39 is 0 Å². The Hall–Kier alpha value is -0.220. The number of aliphatic hydroxyl groups excluding tert-OH is 1. The Bertz CT molecular complexity index is 297. The molecule has 1 saturated heterocycles. The zero-order chi connectivity index (χ0) is 12.0. The summed E-state index contributed by atoms with van der Waals surface area (Å²) in [6, 6.07) is 0.132. The lowest BCUT2D eigenvalue weighted by atomic mass is 9.64. The lowest BCUT2D eigenvalue weighted by Crippen LogP contribution is -2.63. The van der Waals surface area contributed by atoms with Gasteiger partial charge in [-0.15, -0.1) is 11.8 Å². The van der Waals surface area contributed by atoms with Gasteiger partial charge in [0.25, 0.3) is 0 Å². The smallest absolute Gasteiger partial charge is 0.236 e. The lowest BCUT2D eigenvalue weighted by Gasteiger charge is -2.50. The van der Waals surface area contributed by atoms with Gasteiger partial charge in [-0.25, -0.2) is 0 Å². The van der Waals surface area contributed by atoms with Crippen molar-refractivity contribution in [2.24, 2.45) is 5.41 Å². The molecule has 1 aliphatic carbocycles. The first kappa shape index (κ1) is 12.2. The summed E-state index contributed by atoms with van der Waals surface area (Å²) in [4.78, 5) is 12.2. The average molecular weight is 243 g/mol.